The molecular weight excluding hydrogens is 174 g/mol. The van der Waals surface area contributed by atoms with Gasteiger partial charge < -0.3 is 5.32 Å². The molecule has 3 heteroatoms. The van der Waals surface area contributed by atoms with E-state index in [1.807, 2.05) is 0 Å². The predicted octanol–water partition coefficient (Wildman–Crippen LogP) is 1.79. The van der Waals surface area contributed by atoms with Crippen LogP contribution in [0.3, 0.4) is 0 Å². The smallest absolute Gasteiger partial charge is 0.0109 e. The fraction of sp³-hybridized carbons (Fsp3) is 1.00. The first kappa shape index (κ1) is 13.9. The van der Waals surface area contributed by atoms with Crippen molar-refractivity contribution in [2.45, 2.75) is 51.9 Å². The third-order valence-electron chi connectivity index (χ3n) is 2.38. The summed E-state index contributed by atoms with van der Waals surface area (Å²) in [5.41, 5.74) is 2.65. The predicted molar refractivity (Wildman–Crippen MR) is 63.1 cm³/mol. The van der Waals surface area contributed by atoms with Crippen molar-refractivity contribution in [3.05, 3.63) is 0 Å². The van der Waals surface area contributed by atoms with Crippen LogP contribution in [0.25, 0.3) is 0 Å². The van der Waals surface area contributed by atoms with Crippen LogP contribution in [-0.2, 0) is 0 Å². The van der Waals surface area contributed by atoms with Gasteiger partial charge in [-0.2, -0.15) is 0 Å². The van der Waals surface area contributed by atoms with Crippen molar-refractivity contribution in [2.75, 3.05) is 19.6 Å². The van der Waals surface area contributed by atoms with E-state index in [9.17, 15) is 0 Å². The third kappa shape index (κ3) is 11.9. The summed E-state index contributed by atoms with van der Waals surface area (Å²) >= 11 is 0. The van der Waals surface area contributed by atoms with E-state index >= 15 is 0 Å². The van der Waals surface area contributed by atoms with Crippen molar-refractivity contribution in [2.24, 2.45) is 5.84 Å². The van der Waals surface area contributed by atoms with Crippen molar-refractivity contribution in [3.63, 3.8) is 0 Å². The van der Waals surface area contributed by atoms with Crippen LogP contribution in [0.5, 0.6) is 0 Å². The summed E-state index contributed by atoms with van der Waals surface area (Å²) in [5, 5.41) is 3.42. The fourth-order valence-electron chi connectivity index (χ4n) is 1.47. The molecule has 14 heavy (non-hydrogen) atoms. The summed E-state index contributed by atoms with van der Waals surface area (Å²) in [4.78, 5) is 0. The van der Waals surface area contributed by atoms with E-state index in [4.69, 9.17) is 5.84 Å². The normalized spacial score (nSPS) is 10.7. The molecule has 0 bridgehead atoms. The van der Waals surface area contributed by atoms with Gasteiger partial charge in [-0.25, -0.2) is 0 Å². The van der Waals surface area contributed by atoms with E-state index < -0.39 is 0 Å². The summed E-state index contributed by atoms with van der Waals surface area (Å²) in [6.45, 7) is 5.41. The van der Waals surface area contributed by atoms with Crippen LogP contribution in [0, 0.1) is 0 Å². The molecule has 0 radical (unpaired) electrons. The van der Waals surface area contributed by atoms with Gasteiger partial charge in [-0.1, -0.05) is 39.0 Å². The lowest BCUT2D eigenvalue weighted by molar-refractivity contribution is 0.556. The van der Waals surface area contributed by atoms with E-state index in [1.54, 1.807) is 0 Å². The SMILES string of the molecule is CCCCCCCCNCCCNN. The van der Waals surface area contributed by atoms with Crippen molar-refractivity contribution < 1.29 is 0 Å². The highest BCUT2D eigenvalue weighted by Gasteiger charge is 1.90. The Morgan fingerprint density at radius 2 is 1.43 bits per heavy atom. The Morgan fingerprint density at radius 3 is 2.14 bits per heavy atom. The lowest BCUT2D eigenvalue weighted by Crippen LogP contribution is -2.26. The number of hydrazine groups is 1. The van der Waals surface area contributed by atoms with Crippen LogP contribution < -0.4 is 16.6 Å². The maximum absolute atomic E-state index is 5.16. The second kappa shape index (κ2) is 12.9. The van der Waals surface area contributed by atoms with Crippen LogP contribution in [0.2, 0.25) is 0 Å². The minimum absolute atomic E-state index is 0.906. The van der Waals surface area contributed by atoms with Gasteiger partial charge in [0.15, 0.2) is 0 Å². The molecule has 0 aromatic rings. The number of unbranched alkanes of at least 4 members (excludes halogenated alkanes) is 5. The highest BCUT2D eigenvalue weighted by atomic mass is 15.2. The first-order valence-electron chi connectivity index (χ1n) is 6.06. The van der Waals surface area contributed by atoms with Crippen LogP contribution >= 0.6 is 0 Å². The zero-order chi connectivity index (χ0) is 10.5. The summed E-state index contributed by atoms with van der Waals surface area (Å²) in [5.74, 6) is 5.16. The molecule has 3 nitrogen and oxygen atoms in total. The molecule has 0 heterocycles. The Labute approximate surface area is 88.8 Å². The average molecular weight is 201 g/mol. The lowest BCUT2D eigenvalue weighted by atomic mass is 10.1. The summed E-state index contributed by atoms with van der Waals surface area (Å²) < 4.78 is 0. The molecule has 0 aliphatic heterocycles. The van der Waals surface area contributed by atoms with Gasteiger partial charge in [0.05, 0.1) is 0 Å². The van der Waals surface area contributed by atoms with Crippen LogP contribution in [0.15, 0.2) is 0 Å². The van der Waals surface area contributed by atoms with E-state index in [-0.39, 0.29) is 0 Å². The summed E-state index contributed by atoms with van der Waals surface area (Å²) in [7, 11) is 0. The monoisotopic (exact) mass is 201 g/mol. The number of nitrogens with two attached hydrogens (primary N) is 1. The minimum atomic E-state index is 0.906. The van der Waals surface area contributed by atoms with Crippen molar-refractivity contribution in [1.29, 1.82) is 0 Å². The van der Waals surface area contributed by atoms with Gasteiger partial charge in [-0.15, -0.1) is 0 Å². The van der Waals surface area contributed by atoms with Crippen LogP contribution in [0.4, 0.5) is 0 Å². The van der Waals surface area contributed by atoms with E-state index in [0.717, 1.165) is 26.1 Å². The Bertz CT molecular complexity index is 84.5. The molecule has 0 atom stereocenters. The molecule has 0 aliphatic rings. The standard InChI is InChI=1S/C11H27N3/c1-2-3-4-5-6-7-9-13-10-8-11-14-12/h13-14H,2-12H2,1H3. The number of hydrogen-bond acceptors (Lipinski definition) is 3. The fourth-order valence-corrected chi connectivity index (χ4v) is 1.47. The van der Waals surface area contributed by atoms with Crippen molar-refractivity contribution in [3.8, 4) is 0 Å². The van der Waals surface area contributed by atoms with Gasteiger partial charge in [-0.3, -0.25) is 11.3 Å². The molecule has 86 valence electrons. The van der Waals surface area contributed by atoms with Crippen molar-refractivity contribution in [1.82, 2.24) is 10.7 Å². The van der Waals surface area contributed by atoms with Gasteiger partial charge in [0.2, 0.25) is 0 Å². The van der Waals surface area contributed by atoms with Gasteiger partial charge in [0.1, 0.15) is 0 Å². The second-order valence-corrected chi connectivity index (χ2v) is 3.83. The molecule has 0 spiro atoms. The number of hydrogen-bond donors (Lipinski definition) is 3. The molecule has 0 rings (SSSR count). The van der Waals surface area contributed by atoms with Gasteiger partial charge in [-0.05, 0) is 25.9 Å². The maximum Gasteiger partial charge on any atom is 0.0109 e. The van der Waals surface area contributed by atoms with E-state index in [1.165, 1.54) is 38.5 Å². The number of nitrogens with one attached hydrogen (secondary N) is 2. The molecule has 0 aliphatic carbocycles. The second-order valence-electron chi connectivity index (χ2n) is 3.83. The lowest BCUT2D eigenvalue weighted by Gasteiger charge is -2.04. The van der Waals surface area contributed by atoms with Crippen LogP contribution in [-0.4, -0.2) is 19.6 Å². The third-order valence-corrected chi connectivity index (χ3v) is 2.38. The van der Waals surface area contributed by atoms with Gasteiger partial charge >= 0.3 is 0 Å². The summed E-state index contributed by atoms with van der Waals surface area (Å²) in [6, 6.07) is 0. The molecule has 4 N–H and O–H groups in total. The minimum Gasteiger partial charge on any atom is -0.317 e. The zero-order valence-corrected chi connectivity index (χ0v) is 9.65. The molecule has 0 fully saturated rings. The molecule has 0 unspecified atom stereocenters. The van der Waals surface area contributed by atoms with Gasteiger partial charge in [0, 0.05) is 6.54 Å². The quantitative estimate of drug-likeness (QED) is 0.271. The first-order chi connectivity index (χ1) is 6.91. The molecular formula is C11H27N3. The highest BCUT2D eigenvalue weighted by Crippen LogP contribution is 2.03. The van der Waals surface area contributed by atoms with Crippen LogP contribution in [0.1, 0.15) is 51.9 Å². The Kier molecular flexibility index (Phi) is 12.8. The summed E-state index contributed by atoms with van der Waals surface area (Å²) in [6.07, 6.45) is 9.36. The first-order valence-corrected chi connectivity index (χ1v) is 6.06. The number of rotatable bonds is 11. The largest absolute Gasteiger partial charge is 0.317 e. The molecule has 0 saturated carbocycles. The Hall–Kier alpha value is -0.120. The molecule has 0 saturated heterocycles. The highest BCUT2D eigenvalue weighted by molar-refractivity contribution is 4.50. The van der Waals surface area contributed by atoms with Crippen molar-refractivity contribution >= 4 is 0 Å². The average Bonchev–Trinajstić information content (AvgIpc) is 2.21. The maximum atomic E-state index is 5.16. The topological polar surface area (TPSA) is 50.1 Å². The Morgan fingerprint density at radius 1 is 0.786 bits per heavy atom. The zero-order valence-electron chi connectivity index (χ0n) is 9.65. The van der Waals surface area contributed by atoms with E-state index in [2.05, 4.69) is 17.7 Å². The van der Waals surface area contributed by atoms with E-state index in [0.29, 0.717) is 0 Å². The van der Waals surface area contributed by atoms with Gasteiger partial charge in [0.25, 0.3) is 0 Å². The molecule has 0 amide bonds. The molecule has 0 aromatic carbocycles. The molecule has 0 aromatic heterocycles. The Balaban J connectivity index is 2.78.